The molecule has 1 fully saturated rings. The van der Waals surface area contributed by atoms with Gasteiger partial charge in [-0.1, -0.05) is 6.92 Å². The SMILES string of the molecule is CCOc1cc2nc(CC)c(=O)[nH]c2cc1CN1CCNCC1.[CH3-].[Cs+]. The molecule has 0 spiro atoms. The summed E-state index contributed by atoms with van der Waals surface area (Å²) in [7, 11) is 0. The van der Waals surface area contributed by atoms with E-state index >= 15 is 0 Å². The Bertz CT molecular complexity index is 742. The van der Waals surface area contributed by atoms with Crippen molar-refractivity contribution in [2.24, 2.45) is 0 Å². The normalized spacial score (nSPS) is 14.6. The van der Waals surface area contributed by atoms with Gasteiger partial charge in [-0.05, 0) is 19.4 Å². The maximum absolute atomic E-state index is 12.0. The van der Waals surface area contributed by atoms with Crippen molar-refractivity contribution < 1.29 is 73.6 Å². The number of fused-ring (bicyclic) bond motifs is 1. The van der Waals surface area contributed by atoms with Crippen LogP contribution in [0.3, 0.4) is 0 Å². The molecular formula is C18H27CsN4O2. The molecule has 0 atom stereocenters. The minimum absolute atomic E-state index is 0. The molecule has 1 saturated heterocycles. The Hall–Kier alpha value is 0.132. The summed E-state index contributed by atoms with van der Waals surface area (Å²) in [5.41, 5.74) is 3.13. The van der Waals surface area contributed by atoms with Gasteiger partial charge in [0.05, 0.1) is 17.6 Å². The Morgan fingerprint density at radius 1 is 1.24 bits per heavy atom. The second kappa shape index (κ2) is 11.1. The molecule has 25 heavy (non-hydrogen) atoms. The molecule has 0 saturated carbocycles. The number of nitrogens with one attached hydrogen (secondary N) is 2. The number of piperazine rings is 1. The van der Waals surface area contributed by atoms with Crippen LogP contribution in [0, 0.1) is 7.43 Å². The number of aromatic amines is 1. The summed E-state index contributed by atoms with van der Waals surface area (Å²) in [5.74, 6) is 0.861. The van der Waals surface area contributed by atoms with Gasteiger partial charge in [-0.3, -0.25) is 9.69 Å². The number of H-pyrrole nitrogens is 1. The van der Waals surface area contributed by atoms with E-state index in [0.717, 1.165) is 55.1 Å². The third kappa shape index (κ3) is 5.80. The first-order valence-electron chi connectivity index (χ1n) is 8.33. The Kier molecular flexibility index (Phi) is 10.3. The average molecular weight is 464 g/mol. The van der Waals surface area contributed by atoms with Crippen molar-refractivity contribution in [1.82, 2.24) is 20.2 Å². The molecule has 1 aromatic carbocycles. The van der Waals surface area contributed by atoms with Crippen LogP contribution in [0.1, 0.15) is 25.1 Å². The molecule has 0 unspecified atom stereocenters. The molecule has 132 valence electrons. The topological polar surface area (TPSA) is 70.2 Å². The first-order valence-corrected chi connectivity index (χ1v) is 8.33. The van der Waals surface area contributed by atoms with Crippen molar-refractivity contribution in [2.45, 2.75) is 26.8 Å². The first-order chi connectivity index (χ1) is 11.2. The maximum Gasteiger partial charge on any atom is 1.00 e. The van der Waals surface area contributed by atoms with E-state index in [1.807, 2.05) is 26.0 Å². The van der Waals surface area contributed by atoms with E-state index in [1.165, 1.54) is 0 Å². The number of hydrogen-bond donors (Lipinski definition) is 2. The van der Waals surface area contributed by atoms with Crippen LogP contribution in [-0.4, -0.2) is 47.7 Å². The van der Waals surface area contributed by atoms with Gasteiger partial charge in [0.2, 0.25) is 0 Å². The summed E-state index contributed by atoms with van der Waals surface area (Å²) in [4.78, 5) is 21.8. The van der Waals surface area contributed by atoms with Gasteiger partial charge in [0.15, 0.2) is 0 Å². The summed E-state index contributed by atoms with van der Waals surface area (Å²) in [6.45, 7) is 9.42. The zero-order chi connectivity index (χ0) is 16.2. The van der Waals surface area contributed by atoms with Crippen molar-refractivity contribution in [3.8, 4) is 5.75 Å². The van der Waals surface area contributed by atoms with E-state index in [1.54, 1.807) is 0 Å². The minimum atomic E-state index is -0.0997. The zero-order valence-corrected chi connectivity index (χ0v) is 22.1. The number of rotatable bonds is 5. The number of aryl methyl sites for hydroxylation is 1. The standard InChI is InChI=1S/C17H24N4O2.CH3.Cs/c1-3-13-17(22)20-14-9-12(11-21-7-5-18-6-8-21)16(23-4-2)10-15(14)19-13;;/h9-10,18H,3-8,11H2,1-2H3,(H,20,22);1H3;/q;-1;+1. The molecule has 3 rings (SSSR count). The number of ether oxygens (including phenoxy) is 1. The van der Waals surface area contributed by atoms with Crippen LogP contribution < -0.4 is 84.5 Å². The minimum Gasteiger partial charge on any atom is -0.493 e. The Morgan fingerprint density at radius 2 is 1.96 bits per heavy atom. The van der Waals surface area contributed by atoms with Gasteiger partial charge >= 0.3 is 68.9 Å². The van der Waals surface area contributed by atoms with Crippen LogP contribution in [-0.2, 0) is 13.0 Å². The van der Waals surface area contributed by atoms with Crippen LogP contribution in [0.5, 0.6) is 5.75 Å². The number of nitrogens with zero attached hydrogens (tertiary/aromatic N) is 2. The molecule has 2 N–H and O–H groups in total. The third-order valence-corrected chi connectivity index (χ3v) is 4.18. The fourth-order valence-corrected chi connectivity index (χ4v) is 2.96. The number of hydrogen-bond acceptors (Lipinski definition) is 5. The van der Waals surface area contributed by atoms with Gasteiger partial charge in [-0.25, -0.2) is 4.98 Å². The summed E-state index contributed by atoms with van der Waals surface area (Å²) < 4.78 is 5.82. The second-order valence-corrected chi connectivity index (χ2v) is 5.80. The molecule has 1 aliphatic rings. The van der Waals surface area contributed by atoms with Gasteiger partial charge in [-0.2, -0.15) is 0 Å². The van der Waals surface area contributed by atoms with Gasteiger partial charge in [-0.15, -0.1) is 0 Å². The molecule has 2 heterocycles. The smallest absolute Gasteiger partial charge is 0.493 e. The van der Waals surface area contributed by atoms with Crippen LogP contribution in [0.25, 0.3) is 11.0 Å². The third-order valence-electron chi connectivity index (χ3n) is 4.18. The van der Waals surface area contributed by atoms with Crippen LogP contribution in [0.15, 0.2) is 16.9 Å². The van der Waals surface area contributed by atoms with Crippen molar-refractivity contribution in [1.29, 1.82) is 0 Å². The molecule has 1 aromatic heterocycles. The quantitative estimate of drug-likeness (QED) is 0.542. The fourth-order valence-electron chi connectivity index (χ4n) is 2.96. The molecule has 0 bridgehead atoms. The summed E-state index contributed by atoms with van der Waals surface area (Å²) in [6.07, 6.45) is 0.623. The van der Waals surface area contributed by atoms with Gasteiger partial charge in [0.1, 0.15) is 11.4 Å². The maximum atomic E-state index is 12.0. The van der Waals surface area contributed by atoms with Gasteiger partial charge in [0.25, 0.3) is 5.56 Å². The van der Waals surface area contributed by atoms with Crippen molar-refractivity contribution in [2.75, 3.05) is 32.8 Å². The second-order valence-electron chi connectivity index (χ2n) is 5.80. The fraction of sp³-hybridized carbons (Fsp3) is 0.500. The van der Waals surface area contributed by atoms with E-state index in [9.17, 15) is 4.79 Å². The molecule has 0 aliphatic carbocycles. The van der Waals surface area contributed by atoms with Crippen LogP contribution in [0.2, 0.25) is 0 Å². The predicted octanol–water partition coefficient (Wildman–Crippen LogP) is -1.26. The molecule has 7 heteroatoms. The van der Waals surface area contributed by atoms with E-state index < -0.39 is 0 Å². The first kappa shape index (κ1) is 23.2. The largest absolute Gasteiger partial charge is 1.00 e. The Balaban J connectivity index is 0.00000156. The molecule has 0 radical (unpaired) electrons. The zero-order valence-electron chi connectivity index (χ0n) is 15.8. The summed E-state index contributed by atoms with van der Waals surface area (Å²) in [6, 6.07) is 3.96. The Labute approximate surface area is 208 Å². The number of benzene rings is 1. The van der Waals surface area contributed by atoms with Gasteiger partial charge < -0.3 is 22.5 Å². The van der Waals surface area contributed by atoms with Crippen molar-refractivity contribution >= 4 is 11.0 Å². The van der Waals surface area contributed by atoms with Crippen molar-refractivity contribution in [3.05, 3.63) is 41.2 Å². The van der Waals surface area contributed by atoms with Gasteiger partial charge in [0, 0.05) is 44.4 Å². The van der Waals surface area contributed by atoms with E-state index in [0.29, 0.717) is 18.7 Å². The molecular weight excluding hydrogens is 437 g/mol. The van der Waals surface area contributed by atoms with E-state index in [4.69, 9.17) is 4.74 Å². The van der Waals surface area contributed by atoms with Crippen LogP contribution in [0.4, 0.5) is 0 Å². The van der Waals surface area contributed by atoms with E-state index in [-0.39, 0.29) is 81.9 Å². The van der Waals surface area contributed by atoms with E-state index in [2.05, 4.69) is 20.2 Å². The predicted molar refractivity (Wildman–Crippen MR) is 97.5 cm³/mol. The summed E-state index contributed by atoms with van der Waals surface area (Å²) in [5, 5.41) is 3.36. The molecule has 2 aromatic rings. The molecule has 0 amide bonds. The van der Waals surface area contributed by atoms with Crippen molar-refractivity contribution in [3.63, 3.8) is 0 Å². The molecule has 6 nitrogen and oxygen atoms in total. The monoisotopic (exact) mass is 464 g/mol. The molecule has 1 aliphatic heterocycles. The van der Waals surface area contributed by atoms with Crippen LogP contribution >= 0.6 is 0 Å². The summed E-state index contributed by atoms with van der Waals surface area (Å²) >= 11 is 0. The average Bonchev–Trinajstić information content (AvgIpc) is 2.56. The Morgan fingerprint density at radius 3 is 2.60 bits per heavy atom. The number of aromatic nitrogens is 2.